The van der Waals surface area contributed by atoms with Gasteiger partial charge in [-0.25, -0.2) is 0 Å². The highest BCUT2D eigenvalue weighted by molar-refractivity contribution is 7.42. The van der Waals surface area contributed by atoms with Gasteiger partial charge in [-0.3, -0.25) is 0 Å². The highest BCUT2D eigenvalue weighted by Gasteiger charge is 2.20. The zero-order valence-corrected chi connectivity index (χ0v) is 9.81. The van der Waals surface area contributed by atoms with Crippen LogP contribution in [0.2, 0.25) is 0 Å². The van der Waals surface area contributed by atoms with Crippen LogP contribution < -0.4 is 0 Å². The Kier molecular flexibility index (Phi) is 2.56. The van der Waals surface area contributed by atoms with Gasteiger partial charge in [0.1, 0.15) is 0 Å². The van der Waals surface area contributed by atoms with Gasteiger partial charge in [-0.2, -0.15) is 0 Å². The minimum atomic E-state index is 0.608. The van der Waals surface area contributed by atoms with E-state index < -0.39 is 0 Å². The molecule has 0 bridgehead atoms. The molecule has 0 fully saturated rings. The van der Waals surface area contributed by atoms with Crippen molar-refractivity contribution in [1.82, 2.24) is 0 Å². The second kappa shape index (κ2) is 3.71. The van der Waals surface area contributed by atoms with E-state index in [1.807, 2.05) is 0 Å². The predicted molar refractivity (Wildman–Crippen MR) is 65.2 cm³/mol. The molecule has 0 amide bonds. The SMILES string of the molecule is CC1=PC(c2ccccc2)C(C)=C1C. The molecule has 0 aromatic heterocycles. The van der Waals surface area contributed by atoms with Gasteiger partial charge in [-0.15, -0.1) is 0 Å². The van der Waals surface area contributed by atoms with Gasteiger partial charge in [-0.1, -0.05) is 44.1 Å². The van der Waals surface area contributed by atoms with E-state index in [9.17, 15) is 0 Å². The molecule has 1 heterocycles. The molecule has 1 unspecified atom stereocenters. The topological polar surface area (TPSA) is 0 Å². The number of hydrogen-bond acceptors (Lipinski definition) is 0. The van der Waals surface area contributed by atoms with Crippen LogP contribution in [0.25, 0.3) is 0 Å². The van der Waals surface area contributed by atoms with Gasteiger partial charge in [0.05, 0.1) is 0 Å². The summed E-state index contributed by atoms with van der Waals surface area (Å²) in [6.45, 7) is 6.74. The summed E-state index contributed by atoms with van der Waals surface area (Å²) in [6.07, 6.45) is 0. The molecule has 0 saturated heterocycles. The van der Waals surface area contributed by atoms with Crippen molar-refractivity contribution in [2.75, 3.05) is 0 Å². The van der Waals surface area contributed by atoms with Gasteiger partial charge < -0.3 is 0 Å². The van der Waals surface area contributed by atoms with Crippen LogP contribution in [-0.4, -0.2) is 5.29 Å². The molecule has 0 aliphatic carbocycles. The third kappa shape index (κ3) is 1.55. The normalized spacial score (nSPS) is 22.5. The number of rotatable bonds is 1. The molecule has 2 rings (SSSR count). The molecular weight excluding hydrogens is 187 g/mol. The van der Waals surface area contributed by atoms with Gasteiger partial charge in [-0.05, 0) is 37.2 Å². The van der Waals surface area contributed by atoms with E-state index in [0.717, 1.165) is 0 Å². The average molecular weight is 202 g/mol. The maximum atomic E-state index is 2.26. The molecule has 0 nitrogen and oxygen atoms in total. The lowest BCUT2D eigenvalue weighted by Gasteiger charge is -2.09. The Labute approximate surface area is 87.5 Å². The van der Waals surface area contributed by atoms with E-state index >= 15 is 0 Å². The van der Waals surface area contributed by atoms with E-state index in [1.54, 1.807) is 0 Å². The minimum absolute atomic E-state index is 0.608. The molecule has 1 aromatic rings. The maximum Gasteiger partial charge on any atom is 0.0473 e. The first-order chi connectivity index (χ1) is 6.70. The Hall–Kier alpha value is -0.870. The van der Waals surface area contributed by atoms with Crippen molar-refractivity contribution < 1.29 is 0 Å². The lowest BCUT2D eigenvalue weighted by Crippen LogP contribution is -1.91. The fourth-order valence-electron chi connectivity index (χ4n) is 1.84. The molecule has 1 aromatic carbocycles. The Bertz CT molecular complexity index is 399. The zero-order valence-electron chi connectivity index (χ0n) is 8.91. The number of benzene rings is 1. The minimum Gasteiger partial charge on any atom is -0.0882 e. The molecular formula is C13H15P. The fourth-order valence-corrected chi connectivity index (χ4v) is 3.30. The van der Waals surface area contributed by atoms with Gasteiger partial charge in [0.2, 0.25) is 0 Å². The molecule has 72 valence electrons. The summed E-state index contributed by atoms with van der Waals surface area (Å²) >= 11 is 0. The first-order valence-corrected chi connectivity index (χ1v) is 5.93. The number of hydrogen-bond donors (Lipinski definition) is 0. The van der Waals surface area contributed by atoms with Gasteiger partial charge in [0.15, 0.2) is 0 Å². The van der Waals surface area contributed by atoms with Crippen molar-refractivity contribution in [3.63, 3.8) is 0 Å². The Morgan fingerprint density at radius 2 is 1.64 bits per heavy atom. The Morgan fingerprint density at radius 3 is 2.14 bits per heavy atom. The zero-order chi connectivity index (χ0) is 10.1. The highest BCUT2D eigenvalue weighted by Crippen LogP contribution is 2.43. The largest absolute Gasteiger partial charge is 0.0882 e. The standard InChI is InChI=1S/C13H15P/c1-9-10(2)13(14-11(9)3)12-7-5-4-6-8-12/h4-8,13H,1-3H3. The van der Waals surface area contributed by atoms with Crippen LogP contribution in [0.5, 0.6) is 0 Å². The maximum absolute atomic E-state index is 2.26. The Morgan fingerprint density at radius 1 is 1.00 bits per heavy atom. The van der Waals surface area contributed by atoms with Crippen LogP contribution in [0.4, 0.5) is 0 Å². The van der Waals surface area contributed by atoms with Crippen LogP contribution in [0.1, 0.15) is 32.0 Å². The quantitative estimate of drug-likeness (QED) is 0.598. The van der Waals surface area contributed by atoms with E-state index in [0.29, 0.717) is 5.66 Å². The second-order valence-corrected chi connectivity index (χ2v) is 5.28. The molecule has 0 radical (unpaired) electrons. The summed E-state index contributed by atoms with van der Waals surface area (Å²) in [6, 6.07) is 10.8. The first-order valence-electron chi connectivity index (χ1n) is 4.97. The fraction of sp³-hybridized carbons (Fsp3) is 0.308. The van der Waals surface area contributed by atoms with Crippen LogP contribution in [0.3, 0.4) is 0 Å². The van der Waals surface area contributed by atoms with Gasteiger partial charge >= 0.3 is 0 Å². The van der Waals surface area contributed by atoms with Crippen molar-refractivity contribution in [3.05, 3.63) is 47.0 Å². The molecule has 1 heteroatoms. The monoisotopic (exact) mass is 202 g/mol. The molecule has 14 heavy (non-hydrogen) atoms. The summed E-state index contributed by atoms with van der Waals surface area (Å²) in [7, 11) is 1.47. The van der Waals surface area contributed by atoms with Crippen molar-refractivity contribution in [2.45, 2.75) is 26.4 Å². The molecule has 1 atom stereocenters. The summed E-state index contributed by atoms with van der Waals surface area (Å²) in [5.41, 5.74) is 5.09. The lowest BCUT2D eigenvalue weighted by molar-refractivity contribution is 1.10. The third-order valence-electron chi connectivity index (χ3n) is 2.98. The average Bonchev–Trinajstić information content (AvgIpc) is 2.47. The summed E-state index contributed by atoms with van der Waals surface area (Å²) in [5.74, 6) is 0. The summed E-state index contributed by atoms with van der Waals surface area (Å²) < 4.78 is 0. The molecule has 1 aliphatic rings. The van der Waals surface area contributed by atoms with Crippen LogP contribution in [-0.2, 0) is 0 Å². The summed E-state index contributed by atoms with van der Waals surface area (Å²) in [4.78, 5) is 0. The van der Waals surface area contributed by atoms with E-state index in [2.05, 4.69) is 51.1 Å². The highest BCUT2D eigenvalue weighted by atomic mass is 31.1. The van der Waals surface area contributed by atoms with Crippen LogP contribution in [0, 0.1) is 0 Å². The number of allylic oxidation sites excluding steroid dienone is 2. The molecule has 1 aliphatic heterocycles. The van der Waals surface area contributed by atoms with Gasteiger partial charge in [0.25, 0.3) is 0 Å². The van der Waals surface area contributed by atoms with Crippen molar-refractivity contribution in [3.8, 4) is 0 Å². The van der Waals surface area contributed by atoms with Crippen molar-refractivity contribution in [1.29, 1.82) is 0 Å². The second-order valence-electron chi connectivity index (χ2n) is 3.84. The van der Waals surface area contributed by atoms with Crippen molar-refractivity contribution in [2.24, 2.45) is 0 Å². The predicted octanol–water partition coefficient (Wildman–Crippen LogP) is 4.22. The van der Waals surface area contributed by atoms with Crippen molar-refractivity contribution >= 4 is 13.5 Å². The molecule has 0 spiro atoms. The summed E-state index contributed by atoms with van der Waals surface area (Å²) in [5, 5.41) is 1.52. The van der Waals surface area contributed by atoms with Crippen LogP contribution in [0.15, 0.2) is 41.5 Å². The van der Waals surface area contributed by atoms with Crippen LogP contribution >= 0.6 is 8.20 Å². The smallest absolute Gasteiger partial charge is 0.0473 e. The first kappa shape index (κ1) is 9.68. The van der Waals surface area contributed by atoms with E-state index in [1.165, 1.54) is 30.2 Å². The van der Waals surface area contributed by atoms with E-state index in [-0.39, 0.29) is 0 Å². The molecule has 0 saturated carbocycles. The Balaban J connectivity index is 2.41. The lowest BCUT2D eigenvalue weighted by atomic mass is 10.0. The van der Waals surface area contributed by atoms with Gasteiger partial charge in [0, 0.05) is 5.66 Å². The third-order valence-corrected chi connectivity index (χ3v) is 4.65. The van der Waals surface area contributed by atoms with E-state index in [4.69, 9.17) is 0 Å². The molecule has 0 N–H and O–H groups in total.